The van der Waals surface area contributed by atoms with Crippen molar-refractivity contribution in [2.45, 2.75) is 82.9 Å². The first-order chi connectivity index (χ1) is 21.7. The Kier molecular flexibility index (Phi) is 7.58. The lowest BCUT2D eigenvalue weighted by molar-refractivity contribution is -0.195. The minimum Gasteiger partial charge on any atom is -0.472 e. The zero-order valence-electron chi connectivity index (χ0n) is 26.9. The number of cyclic esters (lactones) is 1. The molecular formula is C36H40O10. The Balaban J connectivity index is 1.57. The highest BCUT2D eigenvalue weighted by Crippen LogP contribution is 2.76. The SMILES string of the molecule is C=C1[C@@H]([C@@]2(C)C=CC(=O)OC(C)(C)[C@@H]2CC(=O)OC)[C@@H](OC(C)=O)[C@H](OC(=O)c2ccccc2)[C@@]2(C)[C@H](c3ccoc3)C[C@H]3O[C@]132. The van der Waals surface area contributed by atoms with E-state index in [1.807, 2.05) is 19.9 Å². The lowest BCUT2D eigenvalue weighted by atomic mass is 9.48. The molecule has 0 bridgehead atoms. The first kappa shape index (κ1) is 31.8. The minimum absolute atomic E-state index is 0.116. The Morgan fingerprint density at radius 3 is 2.39 bits per heavy atom. The number of furan rings is 1. The molecule has 46 heavy (non-hydrogen) atoms. The summed E-state index contributed by atoms with van der Waals surface area (Å²) in [5.74, 6) is -3.93. The molecule has 9 atom stereocenters. The van der Waals surface area contributed by atoms with Gasteiger partial charge in [0.25, 0.3) is 0 Å². The summed E-state index contributed by atoms with van der Waals surface area (Å²) in [6.07, 6.45) is 4.37. The van der Waals surface area contributed by atoms with Crippen molar-refractivity contribution in [3.05, 3.63) is 84.4 Å². The predicted molar refractivity (Wildman–Crippen MR) is 163 cm³/mol. The highest BCUT2D eigenvalue weighted by Gasteiger charge is 2.84. The van der Waals surface area contributed by atoms with Gasteiger partial charge in [-0.3, -0.25) is 9.59 Å². The third-order valence-electron chi connectivity index (χ3n) is 11.1. The molecule has 10 nitrogen and oxygen atoms in total. The molecule has 1 aromatic carbocycles. The number of ether oxygens (including phenoxy) is 5. The third-order valence-corrected chi connectivity index (χ3v) is 11.1. The fourth-order valence-electron chi connectivity index (χ4n) is 9.05. The molecule has 2 aromatic rings. The van der Waals surface area contributed by atoms with E-state index in [0.717, 1.165) is 5.56 Å². The number of methoxy groups -OCH3 is 1. The first-order valence-corrected chi connectivity index (χ1v) is 15.5. The van der Waals surface area contributed by atoms with Gasteiger partial charge in [0.15, 0.2) is 0 Å². The molecule has 2 aliphatic carbocycles. The van der Waals surface area contributed by atoms with E-state index in [1.165, 1.54) is 20.1 Å². The lowest BCUT2D eigenvalue weighted by Gasteiger charge is -2.58. The van der Waals surface area contributed by atoms with Gasteiger partial charge in [0.05, 0.1) is 43.1 Å². The number of rotatable bonds is 7. The maximum atomic E-state index is 13.9. The van der Waals surface area contributed by atoms with Crippen molar-refractivity contribution in [3.63, 3.8) is 0 Å². The lowest BCUT2D eigenvalue weighted by Crippen LogP contribution is -2.66. The van der Waals surface area contributed by atoms with Gasteiger partial charge in [-0.15, -0.1) is 0 Å². The van der Waals surface area contributed by atoms with Crippen LogP contribution in [-0.2, 0) is 38.1 Å². The van der Waals surface area contributed by atoms with Gasteiger partial charge >= 0.3 is 23.9 Å². The number of hydrogen-bond acceptors (Lipinski definition) is 10. The molecule has 10 heteroatoms. The van der Waals surface area contributed by atoms with Crippen molar-refractivity contribution >= 4 is 23.9 Å². The maximum Gasteiger partial charge on any atom is 0.338 e. The molecule has 4 aliphatic rings. The van der Waals surface area contributed by atoms with Crippen LogP contribution in [0.3, 0.4) is 0 Å². The molecule has 0 N–H and O–H groups in total. The highest BCUT2D eigenvalue weighted by molar-refractivity contribution is 5.89. The summed E-state index contributed by atoms with van der Waals surface area (Å²) in [6, 6.07) is 10.5. The van der Waals surface area contributed by atoms with Crippen LogP contribution in [0.15, 0.2) is 77.6 Å². The van der Waals surface area contributed by atoms with Gasteiger partial charge in [0, 0.05) is 36.2 Å². The summed E-state index contributed by atoms with van der Waals surface area (Å²) in [4.78, 5) is 52.7. The molecule has 3 heterocycles. The van der Waals surface area contributed by atoms with E-state index < -0.39 is 70.0 Å². The molecule has 0 unspecified atom stereocenters. The number of carbonyl (C=O) groups excluding carboxylic acids is 4. The zero-order chi connectivity index (χ0) is 33.2. The molecule has 2 saturated carbocycles. The summed E-state index contributed by atoms with van der Waals surface area (Å²) in [6.45, 7) is 13.3. The van der Waals surface area contributed by atoms with E-state index in [9.17, 15) is 19.2 Å². The van der Waals surface area contributed by atoms with Crippen LogP contribution in [0.25, 0.3) is 0 Å². The van der Waals surface area contributed by atoms with Gasteiger partial charge in [0.2, 0.25) is 0 Å². The summed E-state index contributed by atoms with van der Waals surface area (Å²) in [5.41, 5.74) is -2.35. The van der Waals surface area contributed by atoms with Gasteiger partial charge in [0.1, 0.15) is 23.4 Å². The van der Waals surface area contributed by atoms with E-state index in [4.69, 9.17) is 28.1 Å². The summed E-state index contributed by atoms with van der Waals surface area (Å²) in [7, 11) is 1.30. The summed E-state index contributed by atoms with van der Waals surface area (Å²) >= 11 is 0. The van der Waals surface area contributed by atoms with Crippen molar-refractivity contribution in [2.24, 2.45) is 22.7 Å². The summed E-state index contributed by atoms with van der Waals surface area (Å²) in [5, 5.41) is 0. The minimum atomic E-state index is -1.17. The molecule has 6 rings (SSSR count). The van der Waals surface area contributed by atoms with Gasteiger partial charge in [-0.25, -0.2) is 9.59 Å². The van der Waals surface area contributed by atoms with E-state index in [2.05, 4.69) is 6.58 Å². The fraction of sp³-hybridized carbons (Fsp3) is 0.500. The number of esters is 4. The first-order valence-electron chi connectivity index (χ1n) is 15.5. The Bertz CT molecular complexity index is 1590. The molecule has 0 amide bonds. The van der Waals surface area contributed by atoms with Crippen LogP contribution in [0.5, 0.6) is 0 Å². The second-order valence-electron chi connectivity index (χ2n) is 13.8. The van der Waals surface area contributed by atoms with Crippen LogP contribution in [0, 0.1) is 22.7 Å². The van der Waals surface area contributed by atoms with E-state index >= 15 is 0 Å². The van der Waals surface area contributed by atoms with Gasteiger partial charge in [-0.05, 0) is 49.6 Å². The van der Waals surface area contributed by atoms with E-state index in [1.54, 1.807) is 62.8 Å². The van der Waals surface area contributed by atoms with Gasteiger partial charge in [-0.1, -0.05) is 44.7 Å². The van der Waals surface area contributed by atoms with Crippen LogP contribution in [0.1, 0.15) is 69.3 Å². The van der Waals surface area contributed by atoms with Crippen molar-refractivity contribution in [1.82, 2.24) is 0 Å². The Labute approximate surface area is 268 Å². The van der Waals surface area contributed by atoms with Gasteiger partial charge in [-0.2, -0.15) is 0 Å². The van der Waals surface area contributed by atoms with Crippen molar-refractivity contribution in [1.29, 1.82) is 0 Å². The van der Waals surface area contributed by atoms with Crippen LogP contribution >= 0.6 is 0 Å². The predicted octanol–water partition coefficient (Wildman–Crippen LogP) is 5.33. The summed E-state index contributed by atoms with van der Waals surface area (Å²) < 4.78 is 35.8. The Morgan fingerprint density at radius 2 is 1.76 bits per heavy atom. The number of hydrogen-bond donors (Lipinski definition) is 0. The largest absolute Gasteiger partial charge is 0.472 e. The zero-order valence-corrected chi connectivity index (χ0v) is 26.9. The van der Waals surface area contributed by atoms with Crippen LogP contribution in [0.2, 0.25) is 0 Å². The van der Waals surface area contributed by atoms with Crippen molar-refractivity contribution < 1.29 is 47.3 Å². The standard InChI is InChI=1S/C36H40O10/c1-20-29(34(5)15-13-27(38)46-33(3,4)25(34)18-28(39)41-7)30(43-21(2)37)31(44-32(40)22-11-9-8-10-12-22)35(6)24(23-14-16-42-19-23)17-26-36(20,35)45-26/h8-16,19,24-26,29-31H,1,17-18H2,2-7H3/t24-,25-,26+,29+,30+,31-,34-,35+,36+/m0/s1. The molecule has 0 radical (unpaired) electrons. The van der Waals surface area contributed by atoms with Crippen LogP contribution in [-0.4, -0.2) is 60.5 Å². The maximum absolute atomic E-state index is 13.9. The second-order valence-corrected chi connectivity index (χ2v) is 13.8. The second kappa shape index (κ2) is 11.0. The Hall–Kier alpha value is -4.18. The topological polar surface area (TPSA) is 131 Å². The quantitative estimate of drug-likeness (QED) is 0.171. The monoisotopic (exact) mass is 632 g/mol. The number of benzene rings is 1. The number of allylic oxidation sites excluding steroid dienone is 1. The average Bonchev–Trinajstić information content (AvgIpc) is 3.38. The molecule has 1 aromatic heterocycles. The number of epoxide rings is 1. The smallest absolute Gasteiger partial charge is 0.338 e. The Morgan fingerprint density at radius 1 is 1.04 bits per heavy atom. The van der Waals surface area contributed by atoms with E-state index in [-0.39, 0.29) is 18.4 Å². The van der Waals surface area contributed by atoms with Crippen molar-refractivity contribution in [2.75, 3.05) is 7.11 Å². The molecule has 3 fully saturated rings. The molecule has 244 valence electrons. The normalized spacial score (nSPS) is 37.3. The molecule has 1 spiro atoms. The third kappa shape index (κ3) is 4.63. The van der Waals surface area contributed by atoms with Crippen LogP contribution in [0.4, 0.5) is 0 Å². The highest BCUT2D eigenvalue weighted by atomic mass is 16.6. The average molecular weight is 633 g/mol. The number of carbonyl (C=O) groups is 4. The molecule has 2 aliphatic heterocycles. The fourth-order valence-corrected chi connectivity index (χ4v) is 9.05. The molecule has 1 saturated heterocycles. The van der Waals surface area contributed by atoms with E-state index in [0.29, 0.717) is 17.6 Å². The molecular weight excluding hydrogens is 592 g/mol. The van der Waals surface area contributed by atoms with Gasteiger partial charge < -0.3 is 28.1 Å². The van der Waals surface area contributed by atoms with Crippen LogP contribution < -0.4 is 0 Å². The van der Waals surface area contributed by atoms with Crippen molar-refractivity contribution in [3.8, 4) is 0 Å².